The first-order valence-electron chi connectivity index (χ1n) is 5.97. The van der Waals surface area contributed by atoms with E-state index in [2.05, 4.69) is 42.2 Å². The lowest BCUT2D eigenvalue weighted by atomic mass is 9.97. The van der Waals surface area contributed by atoms with Gasteiger partial charge in [0.05, 0.1) is 10.9 Å². The fourth-order valence-electron chi connectivity index (χ4n) is 2.47. The van der Waals surface area contributed by atoms with E-state index in [0.29, 0.717) is 0 Å². The number of benzene rings is 2. The minimum absolute atomic E-state index is 0.763. The fraction of sp³-hybridized carbons (Fsp3) is 0.133. The van der Waals surface area contributed by atoms with Gasteiger partial charge in [-0.25, -0.2) is 0 Å². The summed E-state index contributed by atoms with van der Waals surface area (Å²) < 4.78 is 0. The summed E-state index contributed by atoms with van der Waals surface area (Å²) in [7, 11) is 0. The molecule has 0 amide bonds. The topological polar surface area (TPSA) is 54.7 Å². The molecule has 3 nitrogen and oxygen atoms in total. The van der Waals surface area contributed by atoms with Gasteiger partial charge in [-0.2, -0.15) is 5.10 Å². The number of aromatic nitrogens is 2. The number of nitrogens with one attached hydrogen (secondary N) is 1. The summed E-state index contributed by atoms with van der Waals surface area (Å²) in [4.78, 5) is 0. The first-order chi connectivity index (χ1) is 8.68. The van der Waals surface area contributed by atoms with Crippen LogP contribution >= 0.6 is 0 Å². The second kappa shape index (κ2) is 3.88. The van der Waals surface area contributed by atoms with Gasteiger partial charge in [-0.1, -0.05) is 24.3 Å². The van der Waals surface area contributed by atoms with Crippen LogP contribution in [0.5, 0.6) is 0 Å². The van der Waals surface area contributed by atoms with E-state index in [4.69, 9.17) is 5.73 Å². The Kier molecular flexibility index (Phi) is 2.33. The third-order valence-electron chi connectivity index (χ3n) is 3.34. The lowest BCUT2D eigenvalue weighted by Gasteiger charge is -2.08. The number of hydrogen-bond acceptors (Lipinski definition) is 2. The Morgan fingerprint density at radius 1 is 1.00 bits per heavy atom. The van der Waals surface area contributed by atoms with Crippen molar-refractivity contribution in [2.45, 2.75) is 13.8 Å². The molecule has 3 rings (SSSR count). The lowest BCUT2D eigenvalue weighted by Crippen LogP contribution is -1.91. The largest absolute Gasteiger partial charge is 0.398 e. The zero-order chi connectivity index (χ0) is 12.7. The molecular formula is C15H15N3. The van der Waals surface area contributed by atoms with Crippen LogP contribution in [0.2, 0.25) is 0 Å². The third kappa shape index (κ3) is 1.48. The van der Waals surface area contributed by atoms with Gasteiger partial charge in [0, 0.05) is 11.3 Å². The SMILES string of the molecule is Cc1cccc(C)c1-c1n[nH]c2cccc(N)c12. The van der Waals surface area contributed by atoms with Gasteiger partial charge in [0.2, 0.25) is 0 Å². The van der Waals surface area contributed by atoms with Crippen molar-refractivity contribution in [1.29, 1.82) is 0 Å². The van der Waals surface area contributed by atoms with Gasteiger partial charge in [-0.3, -0.25) is 5.10 Å². The molecule has 0 radical (unpaired) electrons. The molecule has 3 aromatic rings. The first-order valence-corrected chi connectivity index (χ1v) is 5.97. The molecule has 0 saturated heterocycles. The quantitative estimate of drug-likeness (QED) is 0.637. The highest BCUT2D eigenvalue weighted by Crippen LogP contribution is 2.34. The predicted molar refractivity (Wildman–Crippen MR) is 75.4 cm³/mol. The Morgan fingerprint density at radius 3 is 2.39 bits per heavy atom. The molecule has 0 aliphatic heterocycles. The van der Waals surface area contributed by atoms with Crippen LogP contribution in [0.1, 0.15) is 11.1 Å². The number of aromatic amines is 1. The minimum atomic E-state index is 0.763. The molecule has 3 N–H and O–H groups in total. The Labute approximate surface area is 106 Å². The van der Waals surface area contributed by atoms with E-state index in [9.17, 15) is 0 Å². The molecule has 0 atom stereocenters. The number of nitrogen functional groups attached to an aromatic ring is 1. The number of fused-ring (bicyclic) bond motifs is 1. The summed E-state index contributed by atoms with van der Waals surface area (Å²) in [6, 6.07) is 12.1. The molecule has 18 heavy (non-hydrogen) atoms. The number of H-pyrrole nitrogens is 1. The van der Waals surface area contributed by atoms with Gasteiger partial charge >= 0.3 is 0 Å². The van der Waals surface area contributed by atoms with Gasteiger partial charge in [0.1, 0.15) is 5.69 Å². The average Bonchev–Trinajstić information content (AvgIpc) is 2.74. The summed E-state index contributed by atoms with van der Waals surface area (Å²) >= 11 is 0. The molecule has 0 unspecified atom stereocenters. The van der Waals surface area contributed by atoms with Crippen LogP contribution in [0, 0.1) is 13.8 Å². The lowest BCUT2D eigenvalue weighted by molar-refractivity contribution is 1.12. The third-order valence-corrected chi connectivity index (χ3v) is 3.34. The Morgan fingerprint density at radius 2 is 1.67 bits per heavy atom. The molecule has 0 saturated carbocycles. The maximum absolute atomic E-state index is 6.08. The van der Waals surface area contributed by atoms with Crippen LogP contribution in [0.15, 0.2) is 36.4 Å². The van der Waals surface area contributed by atoms with Gasteiger partial charge in [0.15, 0.2) is 0 Å². The Hall–Kier alpha value is -2.29. The Bertz CT molecular complexity index is 705. The zero-order valence-electron chi connectivity index (χ0n) is 10.5. The summed E-state index contributed by atoms with van der Waals surface area (Å²) in [5.74, 6) is 0. The molecule has 0 aliphatic rings. The predicted octanol–water partition coefficient (Wildman–Crippen LogP) is 3.43. The zero-order valence-corrected chi connectivity index (χ0v) is 10.5. The number of nitrogens with two attached hydrogens (primary N) is 1. The van der Waals surface area contributed by atoms with Gasteiger partial charge in [0.25, 0.3) is 0 Å². The van der Waals surface area contributed by atoms with E-state index in [1.807, 2.05) is 18.2 Å². The summed E-state index contributed by atoms with van der Waals surface area (Å²) in [5.41, 5.74) is 12.4. The molecule has 3 heteroatoms. The van der Waals surface area contributed by atoms with Gasteiger partial charge < -0.3 is 5.73 Å². The van der Waals surface area contributed by atoms with Crippen LogP contribution in [0.25, 0.3) is 22.2 Å². The van der Waals surface area contributed by atoms with Crippen LogP contribution in [0.4, 0.5) is 5.69 Å². The molecule has 90 valence electrons. The van der Waals surface area contributed by atoms with E-state index < -0.39 is 0 Å². The number of hydrogen-bond donors (Lipinski definition) is 2. The maximum Gasteiger partial charge on any atom is 0.103 e. The molecule has 0 spiro atoms. The number of rotatable bonds is 1. The van der Waals surface area contributed by atoms with Crippen molar-refractivity contribution in [3.8, 4) is 11.3 Å². The molecule has 2 aromatic carbocycles. The fourth-order valence-corrected chi connectivity index (χ4v) is 2.47. The van der Waals surface area contributed by atoms with Gasteiger partial charge in [-0.05, 0) is 37.1 Å². The molecule has 0 fully saturated rings. The highest BCUT2D eigenvalue weighted by atomic mass is 15.1. The smallest absolute Gasteiger partial charge is 0.103 e. The second-order valence-electron chi connectivity index (χ2n) is 4.61. The van der Waals surface area contributed by atoms with Crippen molar-refractivity contribution in [3.05, 3.63) is 47.5 Å². The maximum atomic E-state index is 6.08. The van der Waals surface area contributed by atoms with Crippen molar-refractivity contribution < 1.29 is 0 Å². The monoisotopic (exact) mass is 237 g/mol. The highest BCUT2D eigenvalue weighted by Gasteiger charge is 2.14. The first kappa shape index (κ1) is 10.8. The van der Waals surface area contributed by atoms with Crippen molar-refractivity contribution in [2.75, 3.05) is 5.73 Å². The van der Waals surface area contributed by atoms with Crippen molar-refractivity contribution in [1.82, 2.24) is 10.2 Å². The van der Waals surface area contributed by atoms with Crippen molar-refractivity contribution >= 4 is 16.6 Å². The van der Waals surface area contributed by atoms with Crippen LogP contribution < -0.4 is 5.73 Å². The number of aryl methyl sites for hydroxylation is 2. The molecule has 0 bridgehead atoms. The van der Waals surface area contributed by atoms with Crippen molar-refractivity contribution in [3.63, 3.8) is 0 Å². The number of nitrogens with zero attached hydrogens (tertiary/aromatic N) is 1. The molecule has 0 aliphatic carbocycles. The molecular weight excluding hydrogens is 222 g/mol. The van der Waals surface area contributed by atoms with Crippen molar-refractivity contribution in [2.24, 2.45) is 0 Å². The minimum Gasteiger partial charge on any atom is -0.398 e. The summed E-state index contributed by atoms with van der Waals surface area (Å²) in [6.07, 6.45) is 0. The summed E-state index contributed by atoms with van der Waals surface area (Å²) in [6.45, 7) is 4.20. The van der Waals surface area contributed by atoms with Crippen LogP contribution in [0.3, 0.4) is 0 Å². The van der Waals surface area contributed by atoms with E-state index in [1.54, 1.807) is 0 Å². The standard InChI is InChI=1S/C15H15N3/c1-9-5-3-6-10(2)13(9)15-14-11(16)7-4-8-12(14)17-18-15/h3-8H,16H2,1-2H3,(H,17,18). The Balaban J connectivity index is 2.39. The van der Waals surface area contributed by atoms with E-state index in [0.717, 1.165) is 22.3 Å². The normalized spacial score (nSPS) is 11.0. The van der Waals surface area contributed by atoms with E-state index in [-0.39, 0.29) is 0 Å². The number of anilines is 1. The van der Waals surface area contributed by atoms with E-state index >= 15 is 0 Å². The summed E-state index contributed by atoms with van der Waals surface area (Å²) in [5, 5.41) is 8.50. The van der Waals surface area contributed by atoms with E-state index in [1.165, 1.54) is 16.7 Å². The average molecular weight is 237 g/mol. The van der Waals surface area contributed by atoms with Gasteiger partial charge in [-0.15, -0.1) is 0 Å². The van der Waals surface area contributed by atoms with Crippen LogP contribution in [-0.2, 0) is 0 Å². The highest BCUT2D eigenvalue weighted by molar-refractivity contribution is 6.02. The molecule has 1 aromatic heterocycles. The molecule has 1 heterocycles. The van der Waals surface area contributed by atoms with Crippen LogP contribution in [-0.4, -0.2) is 10.2 Å². The second-order valence-corrected chi connectivity index (χ2v) is 4.61.